The Kier molecular flexibility index (Phi) is 4.24. The van der Waals surface area contributed by atoms with Crippen LogP contribution in [0.25, 0.3) is 0 Å². The molecule has 1 atom stereocenters. The average molecular weight is 266 g/mol. The number of ether oxygens (including phenoxy) is 2. The average Bonchev–Trinajstić information content (AvgIpc) is 2.47. The normalized spacial score (nSPS) is 19.3. The fraction of sp³-hybridized carbons (Fsp3) is 0.462. The van der Waals surface area contributed by atoms with E-state index in [2.05, 4.69) is 0 Å². The first-order valence-corrected chi connectivity index (χ1v) is 6.14. The van der Waals surface area contributed by atoms with E-state index in [0.29, 0.717) is 26.2 Å². The van der Waals surface area contributed by atoms with E-state index in [0.717, 1.165) is 0 Å². The van der Waals surface area contributed by atoms with Crippen molar-refractivity contribution in [2.45, 2.75) is 6.10 Å². The number of hydrogen-bond donors (Lipinski definition) is 2. The van der Waals surface area contributed by atoms with Gasteiger partial charge in [0, 0.05) is 19.6 Å². The molecule has 1 saturated heterocycles. The number of aromatic hydroxyl groups is 1. The fourth-order valence-electron chi connectivity index (χ4n) is 2.08. The first-order chi connectivity index (χ1) is 9.17. The van der Waals surface area contributed by atoms with Crippen molar-refractivity contribution < 1.29 is 19.4 Å². The summed E-state index contributed by atoms with van der Waals surface area (Å²) >= 11 is 0. The lowest BCUT2D eigenvalue weighted by molar-refractivity contribution is -0.0168. The van der Waals surface area contributed by atoms with Crippen molar-refractivity contribution in [1.29, 1.82) is 0 Å². The lowest BCUT2D eigenvalue weighted by atomic mass is 10.1. The number of carbonyl (C=O) groups excluding carboxylic acids is 1. The molecule has 1 amide bonds. The quantitative estimate of drug-likeness (QED) is 0.816. The van der Waals surface area contributed by atoms with E-state index in [1.165, 1.54) is 7.11 Å². The van der Waals surface area contributed by atoms with Gasteiger partial charge in [-0.2, -0.15) is 0 Å². The summed E-state index contributed by atoms with van der Waals surface area (Å²) in [6, 6.07) is 4.86. The van der Waals surface area contributed by atoms with E-state index < -0.39 is 0 Å². The maximum atomic E-state index is 12.4. The summed E-state index contributed by atoms with van der Waals surface area (Å²) < 4.78 is 10.4. The number of methoxy groups -OCH3 is 1. The van der Waals surface area contributed by atoms with Crippen LogP contribution in [0.1, 0.15) is 10.4 Å². The lowest BCUT2D eigenvalue weighted by Gasteiger charge is -2.32. The molecule has 6 heteroatoms. The van der Waals surface area contributed by atoms with E-state index in [4.69, 9.17) is 15.2 Å². The van der Waals surface area contributed by atoms with Gasteiger partial charge < -0.3 is 25.2 Å². The van der Waals surface area contributed by atoms with Crippen molar-refractivity contribution >= 4 is 5.91 Å². The number of phenolic OH excluding ortho intramolecular Hbond substituents is 1. The maximum absolute atomic E-state index is 12.4. The first-order valence-electron chi connectivity index (χ1n) is 6.14. The third kappa shape index (κ3) is 2.80. The minimum Gasteiger partial charge on any atom is -0.504 e. The van der Waals surface area contributed by atoms with Crippen molar-refractivity contribution in [1.82, 2.24) is 4.90 Å². The van der Waals surface area contributed by atoms with Gasteiger partial charge in [-0.3, -0.25) is 4.79 Å². The fourth-order valence-corrected chi connectivity index (χ4v) is 2.08. The van der Waals surface area contributed by atoms with Gasteiger partial charge in [0.25, 0.3) is 5.91 Å². The van der Waals surface area contributed by atoms with Gasteiger partial charge in [-0.05, 0) is 12.1 Å². The van der Waals surface area contributed by atoms with Crippen molar-refractivity contribution in [3.05, 3.63) is 23.8 Å². The van der Waals surface area contributed by atoms with E-state index in [-0.39, 0.29) is 29.1 Å². The van der Waals surface area contributed by atoms with Crippen molar-refractivity contribution in [3.63, 3.8) is 0 Å². The highest BCUT2D eigenvalue weighted by atomic mass is 16.5. The highest BCUT2D eigenvalue weighted by Gasteiger charge is 2.26. The molecule has 19 heavy (non-hydrogen) atoms. The molecule has 3 N–H and O–H groups in total. The zero-order valence-corrected chi connectivity index (χ0v) is 10.8. The number of phenols is 1. The van der Waals surface area contributed by atoms with Gasteiger partial charge in [0.1, 0.15) is 0 Å². The summed E-state index contributed by atoms with van der Waals surface area (Å²) in [7, 11) is 1.45. The highest BCUT2D eigenvalue weighted by Crippen LogP contribution is 2.30. The third-order valence-electron chi connectivity index (χ3n) is 3.14. The number of nitrogens with two attached hydrogens (primary N) is 1. The number of benzene rings is 1. The zero-order chi connectivity index (χ0) is 13.8. The van der Waals surface area contributed by atoms with E-state index in [1.54, 1.807) is 23.1 Å². The van der Waals surface area contributed by atoms with Crippen LogP contribution in [0, 0.1) is 0 Å². The predicted octanol–water partition coefficient (Wildman–Crippen LogP) is 0.200. The number of morpholine rings is 1. The number of amides is 1. The minimum absolute atomic E-state index is 0.134. The van der Waals surface area contributed by atoms with Crippen LogP contribution in [0.2, 0.25) is 0 Å². The molecule has 0 radical (unpaired) electrons. The predicted molar refractivity (Wildman–Crippen MR) is 69.4 cm³/mol. The molecule has 1 fully saturated rings. The molecule has 2 rings (SSSR count). The topological polar surface area (TPSA) is 85.0 Å². The second kappa shape index (κ2) is 5.90. The largest absolute Gasteiger partial charge is 0.504 e. The molecule has 0 spiro atoms. The Hall–Kier alpha value is -1.79. The molecule has 1 aliphatic heterocycles. The van der Waals surface area contributed by atoms with Crippen molar-refractivity contribution in [2.24, 2.45) is 5.73 Å². The van der Waals surface area contributed by atoms with Gasteiger partial charge in [0.05, 0.1) is 25.4 Å². The second-order valence-corrected chi connectivity index (χ2v) is 4.34. The summed E-state index contributed by atoms with van der Waals surface area (Å²) in [5.74, 6) is -0.0848. The van der Waals surface area contributed by atoms with Gasteiger partial charge in [-0.1, -0.05) is 6.07 Å². The van der Waals surface area contributed by atoms with Gasteiger partial charge in [0.15, 0.2) is 11.5 Å². The molecule has 1 aromatic carbocycles. The maximum Gasteiger partial charge on any atom is 0.257 e. The lowest BCUT2D eigenvalue weighted by Crippen LogP contribution is -2.48. The second-order valence-electron chi connectivity index (χ2n) is 4.34. The van der Waals surface area contributed by atoms with Crippen LogP contribution in [-0.2, 0) is 4.74 Å². The SMILES string of the molecule is COc1cccc(C(=O)N2CCOC(CN)C2)c1O. The molecule has 1 unspecified atom stereocenters. The number of para-hydroxylation sites is 1. The van der Waals surface area contributed by atoms with Crippen molar-refractivity contribution in [2.75, 3.05) is 33.4 Å². The van der Waals surface area contributed by atoms with E-state index in [1.807, 2.05) is 0 Å². The number of hydrogen-bond acceptors (Lipinski definition) is 5. The van der Waals surface area contributed by atoms with Gasteiger partial charge in [-0.25, -0.2) is 0 Å². The molecule has 104 valence electrons. The van der Waals surface area contributed by atoms with Gasteiger partial charge >= 0.3 is 0 Å². The summed E-state index contributed by atoms with van der Waals surface area (Å²) in [5, 5.41) is 9.98. The summed E-state index contributed by atoms with van der Waals surface area (Å²) in [5.41, 5.74) is 5.78. The van der Waals surface area contributed by atoms with Crippen LogP contribution in [0.4, 0.5) is 0 Å². The Balaban J connectivity index is 2.19. The summed E-state index contributed by atoms with van der Waals surface area (Å²) in [4.78, 5) is 14.0. The van der Waals surface area contributed by atoms with E-state index >= 15 is 0 Å². The minimum atomic E-state index is -0.238. The van der Waals surface area contributed by atoms with Crippen LogP contribution in [0.3, 0.4) is 0 Å². The molecule has 6 nitrogen and oxygen atoms in total. The van der Waals surface area contributed by atoms with Crippen molar-refractivity contribution in [3.8, 4) is 11.5 Å². The monoisotopic (exact) mass is 266 g/mol. The smallest absolute Gasteiger partial charge is 0.257 e. The van der Waals surface area contributed by atoms with Crippen LogP contribution in [0.5, 0.6) is 11.5 Å². The molecule has 0 aliphatic carbocycles. The summed E-state index contributed by atoms with van der Waals surface area (Å²) in [6.45, 7) is 1.75. The van der Waals surface area contributed by atoms with Crippen LogP contribution in [-0.4, -0.2) is 55.4 Å². The Labute approximate surface area is 111 Å². The summed E-state index contributed by atoms with van der Waals surface area (Å²) in [6.07, 6.45) is -0.148. The number of nitrogens with zero attached hydrogens (tertiary/aromatic N) is 1. The molecule has 0 bridgehead atoms. The number of rotatable bonds is 3. The Bertz CT molecular complexity index is 464. The molecular formula is C13H18N2O4. The molecule has 1 heterocycles. The van der Waals surface area contributed by atoms with Crippen LogP contribution in [0.15, 0.2) is 18.2 Å². The number of carbonyl (C=O) groups is 1. The van der Waals surface area contributed by atoms with Gasteiger partial charge in [-0.15, -0.1) is 0 Å². The van der Waals surface area contributed by atoms with Crippen LogP contribution < -0.4 is 10.5 Å². The standard InChI is InChI=1S/C13H18N2O4/c1-18-11-4-2-3-10(12(11)16)13(17)15-5-6-19-9(7-14)8-15/h2-4,9,16H,5-8,14H2,1H3. The Morgan fingerprint density at radius 2 is 2.42 bits per heavy atom. The van der Waals surface area contributed by atoms with Crippen LogP contribution >= 0.6 is 0 Å². The molecule has 0 saturated carbocycles. The van der Waals surface area contributed by atoms with Gasteiger partial charge in [0.2, 0.25) is 0 Å². The Morgan fingerprint density at radius 3 is 3.11 bits per heavy atom. The van der Waals surface area contributed by atoms with E-state index in [9.17, 15) is 9.90 Å². The first kappa shape index (κ1) is 13.6. The third-order valence-corrected chi connectivity index (χ3v) is 3.14. The highest BCUT2D eigenvalue weighted by molar-refractivity contribution is 5.97. The zero-order valence-electron chi connectivity index (χ0n) is 10.8. The molecular weight excluding hydrogens is 248 g/mol. The molecule has 0 aromatic heterocycles. The Morgan fingerprint density at radius 1 is 1.63 bits per heavy atom. The molecule has 1 aromatic rings. The molecule has 1 aliphatic rings.